The van der Waals surface area contributed by atoms with Crippen LogP contribution in [0.1, 0.15) is 0 Å². The number of hydrogen-bond acceptors (Lipinski definition) is 2. The highest BCUT2D eigenvalue weighted by Gasteiger charge is 2.06. The van der Waals surface area contributed by atoms with E-state index in [1.807, 2.05) is 0 Å². The number of hydrogen-bond donors (Lipinski definition) is 2. The van der Waals surface area contributed by atoms with Gasteiger partial charge in [0, 0.05) is 0 Å². The second kappa shape index (κ2) is 3.16. The minimum atomic E-state index is -1.19. The number of carbonyl (C=O) groups is 1. The molecule has 2 rings (SSSR count). The number of rotatable bonds is 1. The fourth-order valence-corrected chi connectivity index (χ4v) is 0.676. The van der Waals surface area contributed by atoms with Gasteiger partial charge in [-0.05, 0) is 17.2 Å². The molecular formula is C8H8O3. The van der Waals surface area contributed by atoms with Crippen LogP contribution in [0.15, 0.2) is 24.3 Å². The van der Waals surface area contributed by atoms with Gasteiger partial charge in [-0.25, -0.2) is 4.79 Å². The van der Waals surface area contributed by atoms with Gasteiger partial charge in [-0.3, -0.25) is 0 Å². The SMILES string of the molecule is O=C(O)CO.c1cc2cc-2c1. The van der Waals surface area contributed by atoms with Gasteiger partial charge in [0.05, 0.1) is 0 Å². The topological polar surface area (TPSA) is 57.5 Å². The van der Waals surface area contributed by atoms with Gasteiger partial charge in [-0.1, -0.05) is 18.2 Å². The average molecular weight is 152 g/mol. The van der Waals surface area contributed by atoms with Crippen molar-refractivity contribution in [2.45, 2.75) is 0 Å². The lowest BCUT2D eigenvalue weighted by Crippen LogP contribution is -1.98. The Bertz CT molecular complexity index is 251. The third-order valence-corrected chi connectivity index (χ3v) is 1.25. The van der Waals surface area contributed by atoms with E-state index in [1.54, 1.807) is 0 Å². The zero-order chi connectivity index (χ0) is 8.27. The molecule has 3 heteroatoms. The van der Waals surface area contributed by atoms with Crippen LogP contribution in [-0.2, 0) is 4.79 Å². The van der Waals surface area contributed by atoms with Gasteiger partial charge in [-0.2, -0.15) is 0 Å². The number of aliphatic carboxylic acids is 1. The maximum Gasteiger partial charge on any atom is 0.329 e. The van der Waals surface area contributed by atoms with E-state index in [0.717, 1.165) is 0 Å². The standard InChI is InChI=1S/C6H4.C2H4O3/c1-2-5-4-6(5)3-1;3-1-2(4)5/h1-4H;3H,1H2,(H,4,5). The van der Waals surface area contributed by atoms with Crippen molar-refractivity contribution in [2.75, 3.05) is 6.61 Å². The minimum absolute atomic E-state index is 0.778. The third-order valence-electron chi connectivity index (χ3n) is 1.25. The Labute approximate surface area is 63.9 Å². The average Bonchev–Trinajstić information content (AvgIpc) is 2.61. The lowest BCUT2D eigenvalue weighted by molar-refractivity contribution is -0.140. The molecule has 58 valence electrons. The highest BCUT2D eigenvalue weighted by atomic mass is 16.4. The van der Waals surface area contributed by atoms with E-state index < -0.39 is 12.6 Å². The number of benzene rings is 1. The molecule has 2 aliphatic rings. The molecule has 2 aliphatic carbocycles. The predicted molar refractivity (Wildman–Crippen MR) is 40.2 cm³/mol. The van der Waals surface area contributed by atoms with E-state index in [0.29, 0.717) is 0 Å². The first kappa shape index (κ1) is 7.75. The molecule has 0 fully saturated rings. The summed E-state index contributed by atoms with van der Waals surface area (Å²) in [6.07, 6.45) is 0. The van der Waals surface area contributed by atoms with E-state index in [4.69, 9.17) is 15.0 Å². The lowest BCUT2D eigenvalue weighted by Gasteiger charge is -1.72. The van der Waals surface area contributed by atoms with Crippen molar-refractivity contribution in [2.24, 2.45) is 0 Å². The van der Waals surface area contributed by atoms with Crippen LogP contribution >= 0.6 is 0 Å². The van der Waals surface area contributed by atoms with Gasteiger partial charge in [-0.15, -0.1) is 0 Å². The van der Waals surface area contributed by atoms with Crippen LogP contribution in [-0.4, -0.2) is 22.8 Å². The summed E-state index contributed by atoms with van der Waals surface area (Å²) >= 11 is 0. The van der Waals surface area contributed by atoms with Crippen molar-refractivity contribution in [1.29, 1.82) is 0 Å². The second-order valence-corrected chi connectivity index (χ2v) is 2.13. The summed E-state index contributed by atoms with van der Waals surface area (Å²) in [4.78, 5) is 9.12. The quantitative estimate of drug-likeness (QED) is 0.633. The number of carboxylic acid groups (broad SMARTS) is 1. The zero-order valence-electron chi connectivity index (χ0n) is 5.82. The molecule has 0 heterocycles. The molecule has 11 heavy (non-hydrogen) atoms. The predicted octanol–water partition coefficient (Wildman–Crippen LogP) is 0.730. The fourth-order valence-electron chi connectivity index (χ4n) is 0.676. The summed E-state index contributed by atoms with van der Waals surface area (Å²) < 4.78 is 0. The third kappa shape index (κ3) is 2.39. The highest BCUT2D eigenvalue weighted by Crippen LogP contribution is 2.32. The van der Waals surface area contributed by atoms with Crippen LogP contribution < -0.4 is 0 Å². The van der Waals surface area contributed by atoms with E-state index in [1.165, 1.54) is 11.1 Å². The Hall–Kier alpha value is -1.35. The summed E-state index contributed by atoms with van der Waals surface area (Å²) in [5.74, 6) is -1.19. The maximum absolute atomic E-state index is 9.12. The number of aliphatic hydroxyl groups is 1. The second-order valence-electron chi connectivity index (χ2n) is 2.13. The van der Waals surface area contributed by atoms with Crippen LogP contribution in [0.3, 0.4) is 0 Å². The normalized spacial score (nSPS) is 9.55. The Morgan fingerprint density at radius 3 is 1.91 bits per heavy atom. The van der Waals surface area contributed by atoms with Crippen molar-refractivity contribution in [3.63, 3.8) is 0 Å². The van der Waals surface area contributed by atoms with Crippen LogP contribution in [0.2, 0.25) is 0 Å². The van der Waals surface area contributed by atoms with E-state index >= 15 is 0 Å². The van der Waals surface area contributed by atoms with Crippen molar-refractivity contribution < 1.29 is 15.0 Å². The summed E-state index contributed by atoms with van der Waals surface area (Å²) in [7, 11) is 0. The molecule has 3 nitrogen and oxygen atoms in total. The van der Waals surface area contributed by atoms with Crippen LogP contribution in [0, 0.1) is 0 Å². The molecule has 0 bridgehead atoms. The molecule has 2 N–H and O–H groups in total. The smallest absolute Gasteiger partial charge is 0.329 e. The minimum Gasteiger partial charge on any atom is -0.480 e. The Morgan fingerprint density at radius 2 is 1.82 bits per heavy atom. The van der Waals surface area contributed by atoms with E-state index in [2.05, 4.69) is 24.3 Å². The van der Waals surface area contributed by atoms with Crippen molar-refractivity contribution in [3.8, 4) is 11.1 Å². The Morgan fingerprint density at radius 1 is 1.36 bits per heavy atom. The van der Waals surface area contributed by atoms with Crippen LogP contribution in [0.5, 0.6) is 0 Å². The van der Waals surface area contributed by atoms with Gasteiger partial charge in [0.15, 0.2) is 0 Å². The highest BCUT2D eigenvalue weighted by molar-refractivity contribution is 5.80. The Kier molecular flexibility index (Phi) is 2.23. The number of carboxylic acids is 1. The summed E-state index contributed by atoms with van der Waals surface area (Å²) in [5.41, 5.74) is 2.85. The maximum atomic E-state index is 9.12. The zero-order valence-corrected chi connectivity index (χ0v) is 5.82. The van der Waals surface area contributed by atoms with E-state index in [9.17, 15) is 0 Å². The molecular weight excluding hydrogens is 144 g/mol. The summed E-state index contributed by atoms with van der Waals surface area (Å²) in [5, 5.41) is 15.0. The summed E-state index contributed by atoms with van der Waals surface area (Å²) in [6, 6.07) is 8.48. The van der Waals surface area contributed by atoms with Crippen LogP contribution in [0.4, 0.5) is 0 Å². The number of aliphatic hydroxyl groups excluding tert-OH is 1. The lowest BCUT2D eigenvalue weighted by atomic mass is 10.6. The Balaban J connectivity index is 0.000000114. The number of fused-ring (bicyclic) bond motifs is 1. The fraction of sp³-hybridized carbons (Fsp3) is 0.125. The van der Waals surface area contributed by atoms with Gasteiger partial charge < -0.3 is 10.2 Å². The monoisotopic (exact) mass is 152 g/mol. The van der Waals surface area contributed by atoms with Crippen molar-refractivity contribution in [3.05, 3.63) is 24.3 Å². The molecule has 0 saturated carbocycles. The van der Waals surface area contributed by atoms with Crippen molar-refractivity contribution >= 4 is 5.97 Å². The first-order valence-electron chi connectivity index (χ1n) is 3.17. The molecule has 0 unspecified atom stereocenters. The molecule has 0 aliphatic heterocycles. The summed E-state index contributed by atoms with van der Waals surface area (Å²) in [6.45, 7) is -0.778. The van der Waals surface area contributed by atoms with Gasteiger partial charge in [0.1, 0.15) is 6.61 Å². The molecule has 0 spiro atoms. The van der Waals surface area contributed by atoms with Gasteiger partial charge in [0.2, 0.25) is 0 Å². The molecule has 0 aromatic carbocycles. The van der Waals surface area contributed by atoms with E-state index in [-0.39, 0.29) is 0 Å². The van der Waals surface area contributed by atoms with Gasteiger partial charge >= 0.3 is 5.97 Å². The van der Waals surface area contributed by atoms with Crippen molar-refractivity contribution in [1.82, 2.24) is 0 Å². The first-order chi connectivity index (χ1) is 5.24. The van der Waals surface area contributed by atoms with Crippen LogP contribution in [0.25, 0.3) is 11.1 Å². The molecule has 0 radical (unpaired) electrons. The van der Waals surface area contributed by atoms with Gasteiger partial charge in [0.25, 0.3) is 0 Å². The largest absolute Gasteiger partial charge is 0.480 e. The molecule has 0 amide bonds. The molecule has 0 saturated heterocycles. The molecule has 0 aromatic rings. The first-order valence-corrected chi connectivity index (χ1v) is 3.17. The molecule has 0 atom stereocenters. The molecule has 0 aromatic heterocycles.